The van der Waals surface area contributed by atoms with Gasteiger partial charge in [-0.15, -0.1) is 0 Å². The number of carbonyl (C=O) groups is 1. The van der Waals surface area contributed by atoms with Gasteiger partial charge >= 0.3 is 0 Å². The first kappa shape index (κ1) is 11.0. The molecule has 0 bridgehead atoms. The second-order valence-corrected chi connectivity index (χ2v) is 4.37. The van der Waals surface area contributed by atoms with Crippen LogP contribution in [0.15, 0.2) is 36.7 Å². The molecule has 1 aliphatic rings. The van der Waals surface area contributed by atoms with E-state index in [-0.39, 0.29) is 0 Å². The van der Waals surface area contributed by atoms with Gasteiger partial charge in [0.15, 0.2) is 6.29 Å². The van der Waals surface area contributed by atoms with Crippen LogP contribution in [0.25, 0.3) is 11.1 Å². The maximum atomic E-state index is 10.8. The molecule has 3 nitrogen and oxygen atoms in total. The molecule has 1 aromatic heterocycles. The summed E-state index contributed by atoms with van der Waals surface area (Å²) in [6.45, 7) is 0.755. The number of carbonyl (C=O) groups excluding carboxylic acids is 1. The third kappa shape index (κ3) is 1.88. The largest absolute Gasteiger partial charge is 0.493 e. The third-order valence-corrected chi connectivity index (χ3v) is 3.14. The Morgan fingerprint density at radius 3 is 3.11 bits per heavy atom. The van der Waals surface area contributed by atoms with E-state index in [1.54, 1.807) is 12.4 Å². The zero-order chi connectivity index (χ0) is 12.4. The quantitative estimate of drug-likeness (QED) is 0.756. The van der Waals surface area contributed by atoms with Crippen LogP contribution in [-0.2, 0) is 6.42 Å². The van der Waals surface area contributed by atoms with Gasteiger partial charge in [0.2, 0.25) is 0 Å². The molecular formula is C15H13NO2. The fourth-order valence-electron chi connectivity index (χ4n) is 2.29. The van der Waals surface area contributed by atoms with Crippen molar-refractivity contribution < 1.29 is 9.53 Å². The number of aldehydes is 1. The van der Waals surface area contributed by atoms with E-state index >= 15 is 0 Å². The number of rotatable bonds is 2. The number of nitrogens with zero attached hydrogens (tertiary/aromatic N) is 1. The summed E-state index contributed by atoms with van der Waals surface area (Å²) in [5.41, 5.74) is 3.76. The van der Waals surface area contributed by atoms with Gasteiger partial charge in [-0.2, -0.15) is 0 Å². The zero-order valence-electron chi connectivity index (χ0n) is 9.93. The van der Waals surface area contributed by atoms with Crippen LogP contribution in [0.2, 0.25) is 0 Å². The van der Waals surface area contributed by atoms with Crippen molar-refractivity contribution in [3.05, 3.63) is 47.8 Å². The molecule has 2 heterocycles. The molecule has 90 valence electrons. The Bertz CT molecular complexity index is 593. The van der Waals surface area contributed by atoms with E-state index in [1.807, 2.05) is 18.2 Å². The van der Waals surface area contributed by atoms with Crippen LogP contribution in [0.3, 0.4) is 0 Å². The van der Waals surface area contributed by atoms with Crippen molar-refractivity contribution in [2.45, 2.75) is 12.8 Å². The molecule has 0 amide bonds. The summed E-state index contributed by atoms with van der Waals surface area (Å²) in [7, 11) is 0. The number of benzene rings is 1. The minimum atomic E-state index is 0.584. The van der Waals surface area contributed by atoms with Crippen molar-refractivity contribution in [2.75, 3.05) is 6.61 Å². The number of aromatic nitrogens is 1. The Kier molecular flexibility index (Phi) is 2.81. The molecule has 0 spiro atoms. The lowest BCUT2D eigenvalue weighted by Crippen LogP contribution is -2.09. The Hall–Kier alpha value is -2.16. The molecule has 2 aromatic rings. The highest BCUT2D eigenvalue weighted by Crippen LogP contribution is 2.35. The number of hydrogen-bond acceptors (Lipinski definition) is 3. The van der Waals surface area contributed by atoms with Crippen molar-refractivity contribution in [2.24, 2.45) is 0 Å². The first-order valence-electron chi connectivity index (χ1n) is 6.04. The minimum absolute atomic E-state index is 0.584. The normalized spacial score (nSPS) is 13.6. The molecule has 1 aliphatic heterocycles. The van der Waals surface area contributed by atoms with E-state index < -0.39 is 0 Å². The number of aryl methyl sites for hydroxylation is 1. The summed E-state index contributed by atoms with van der Waals surface area (Å²) in [6, 6.07) is 7.97. The standard InChI is InChI=1S/C15H13NO2/c17-10-11-7-13(9-16-8-11)14-5-1-3-12-4-2-6-18-15(12)14/h1,3,5,7-10H,2,4,6H2. The lowest BCUT2D eigenvalue weighted by atomic mass is 9.98. The number of fused-ring (bicyclic) bond motifs is 1. The zero-order valence-corrected chi connectivity index (χ0v) is 9.93. The molecule has 0 saturated carbocycles. The van der Waals surface area contributed by atoms with Crippen molar-refractivity contribution in [3.8, 4) is 16.9 Å². The average Bonchev–Trinajstić information content (AvgIpc) is 2.47. The monoisotopic (exact) mass is 239 g/mol. The average molecular weight is 239 g/mol. The highest BCUT2D eigenvalue weighted by molar-refractivity contribution is 5.80. The summed E-state index contributed by atoms with van der Waals surface area (Å²) in [5.74, 6) is 0.939. The van der Waals surface area contributed by atoms with Crippen LogP contribution in [0.5, 0.6) is 5.75 Å². The molecule has 0 unspecified atom stereocenters. The highest BCUT2D eigenvalue weighted by Gasteiger charge is 2.15. The minimum Gasteiger partial charge on any atom is -0.493 e. The van der Waals surface area contributed by atoms with Crippen LogP contribution < -0.4 is 4.74 Å². The van der Waals surface area contributed by atoms with E-state index in [0.717, 1.165) is 42.6 Å². The predicted molar refractivity (Wildman–Crippen MR) is 68.9 cm³/mol. The van der Waals surface area contributed by atoms with Gasteiger partial charge in [0, 0.05) is 29.1 Å². The third-order valence-electron chi connectivity index (χ3n) is 3.14. The van der Waals surface area contributed by atoms with Gasteiger partial charge in [0.05, 0.1) is 6.61 Å². The van der Waals surface area contributed by atoms with Crippen molar-refractivity contribution in [1.29, 1.82) is 0 Å². The van der Waals surface area contributed by atoms with Crippen LogP contribution >= 0.6 is 0 Å². The molecule has 0 radical (unpaired) electrons. The summed E-state index contributed by atoms with van der Waals surface area (Å²) >= 11 is 0. The second kappa shape index (κ2) is 4.61. The van der Waals surface area contributed by atoms with Gasteiger partial charge in [-0.3, -0.25) is 9.78 Å². The Morgan fingerprint density at radius 1 is 1.28 bits per heavy atom. The van der Waals surface area contributed by atoms with Gasteiger partial charge < -0.3 is 4.74 Å². The van der Waals surface area contributed by atoms with E-state index in [4.69, 9.17) is 4.74 Å². The second-order valence-electron chi connectivity index (χ2n) is 4.37. The maximum Gasteiger partial charge on any atom is 0.151 e. The lowest BCUT2D eigenvalue weighted by molar-refractivity contribution is 0.112. The van der Waals surface area contributed by atoms with Gasteiger partial charge in [-0.25, -0.2) is 0 Å². The molecule has 18 heavy (non-hydrogen) atoms. The van der Waals surface area contributed by atoms with Gasteiger partial charge in [0.1, 0.15) is 5.75 Å². The van der Waals surface area contributed by atoms with Gasteiger partial charge in [0.25, 0.3) is 0 Å². The molecule has 1 aromatic carbocycles. The van der Waals surface area contributed by atoms with Crippen molar-refractivity contribution >= 4 is 6.29 Å². The van der Waals surface area contributed by atoms with Gasteiger partial charge in [-0.1, -0.05) is 18.2 Å². The number of para-hydroxylation sites is 1. The smallest absolute Gasteiger partial charge is 0.151 e. The molecule has 0 fully saturated rings. The first-order valence-corrected chi connectivity index (χ1v) is 6.04. The predicted octanol–water partition coefficient (Wildman–Crippen LogP) is 2.89. The molecule has 3 heteroatoms. The topological polar surface area (TPSA) is 39.2 Å². The van der Waals surface area contributed by atoms with E-state index in [1.165, 1.54) is 5.56 Å². The highest BCUT2D eigenvalue weighted by atomic mass is 16.5. The van der Waals surface area contributed by atoms with Gasteiger partial charge in [-0.05, 0) is 24.5 Å². The number of ether oxygens (including phenoxy) is 1. The van der Waals surface area contributed by atoms with Crippen molar-refractivity contribution in [3.63, 3.8) is 0 Å². The van der Waals surface area contributed by atoms with E-state index in [2.05, 4.69) is 11.1 Å². The summed E-state index contributed by atoms with van der Waals surface area (Å²) in [5, 5.41) is 0. The maximum absolute atomic E-state index is 10.8. The van der Waals surface area contributed by atoms with Crippen LogP contribution in [0.4, 0.5) is 0 Å². The van der Waals surface area contributed by atoms with Crippen LogP contribution in [-0.4, -0.2) is 17.9 Å². The summed E-state index contributed by atoms with van der Waals surface area (Å²) < 4.78 is 5.77. The molecule has 0 saturated heterocycles. The lowest BCUT2D eigenvalue weighted by Gasteiger charge is -2.20. The molecule has 3 rings (SSSR count). The number of pyridine rings is 1. The van der Waals surface area contributed by atoms with Crippen LogP contribution in [0.1, 0.15) is 22.3 Å². The van der Waals surface area contributed by atoms with Crippen LogP contribution in [0, 0.1) is 0 Å². The number of hydrogen-bond donors (Lipinski definition) is 0. The van der Waals surface area contributed by atoms with E-state index in [9.17, 15) is 4.79 Å². The van der Waals surface area contributed by atoms with Crippen molar-refractivity contribution in [1.82, 2.24) is 4.98 Å². The SMILES string of the molecule is O=Cc1cncc(-c2cccc3c2OCCC3)c1. The Balaban J connectivity index is 2.13. The molecular weight excluding hydrogens is 226 g/mol. The fraction of sp³-hybridized carbons (Fsp3) is 0.200. The molecule has 0 aliphatic carbocycles. The molecule has 0 atom stereocenters. The Morgan fingerprint density at radius 2 is 2.22 bits per heavy atom. The first-order chi connectivity index (χ1) is 8.88. The fourth-order valence-corrected chi connectivity index (χ4v) is 2.29. The summed E-state index contributed by atoms with van der Waals surface area (Å²) in [6.07, 6.45) is 6.24. The Labute approximate surface area is 105 Å². The molecule has 0 N–H and O–H groups in total. The summed E-state index contributed by atoms with van der Waals surface area (Å²) in [4.78, 5) is 14.9. The van der Waals surface area contributed by atoms with E-state index in [0.29, 0.717) is 5.56 Å².